The van der Waals surface area contributed by atoms with Crippen LogP contribution in [-0.2, 0) is 21.1 Å². The molecule has 3 atom stereocenters. The second-order valence-electron chi connectivity index (χ2n) is 5.43. The SMILES string of the molecule is N=[S@@](=O)(C[C@H](O)[C@@H](O)COCc1ccccc1)c1cccc(Br)c1. The molecule has 2 aromatic rings. The van der Waals surface area contributed by atoms with E-state index in [4.69, 9.17) is 9.52 Å². The maximum atomic E-state index is 12.5. The van der Waals surface area contributed by atoms with E-state index in [0.29, 0.717) is 16.0 Å². The minimum atomic E-state index is -3.20. The highest BCUT2D eigenvalue weighted by molar-refractivity contribution is 9.10. The largest absolute Gasteiger partial charge is 0.389 e. The first-order chi connectivity index (χ1) is 11.4. The highest BCUT2D eigenvalue weighted by Gasteiger charge is 2.23. The van der Waals surface area contributed by atoms with Gasteiger partial charge in [0.15, 0.2) is 0 Å². The molecule has 0 aliphatic rings. The van der Waals surface area contributed by atoms with E-state index in [9.17, 15) is 14.4 Å². The molecule has 0 amide bonds. The molecule has 24 heavy (non-hydrogen) atoms. The van der Waals surface area contributed by atoms with Crippen LogP contribution in [0.1, 0.15) is 5.56 Å². The molecular formula is C17H20BrNO4S. The second-order valence-corrected chi connectivity index (χ2v) is 8.51. The quantitative estimate of drug-likeness (QED) is 0.620. The number of aliphatic hydroxyl groups is 2. The Morgan fingerprint density at radius 2 is 1.79 bits per heavy atom. The summed E-state index contributed by atoms with van der Waals surface area (Å²) in [7, 11) is -3.20. The van der Waals surface area contributed by atoms with Gasteiger partial charge in [0.2, 0.25) is 0 Å². The van der Waals surface area contributed by atoms with Crippen molar-refractivity contribution in [2.24, 2.45) is 0 Å². The lowest BCUT2D eigenvalue weighted by molar-refractivity contribution is -0.0335. The van der Waals surface area contributed by atoms with Crippen molar-refractivity contribution in [2.75, 3.05) is 12.4 Å². The van der Waals surface area contributed by atoms with Crippen LogP contribution >= 0.6 is 15.9 Å². The maximum absolute atomic E-state index is 12.5. The number of nitrogens with one attached hydrogen (secondary N) is 1. The molecule has 0 saturated carbocycles. The standard InChI is InChI=1S/C17H20BrNO4S/c18-14-7-4-8-15(9-14)24(19,22)12-17(21)16(20)11-23-10-13-5-2-1-3-6-13/h1-9,16-17,19-21H,10-12H2/t16-,17-,24+/m0/s1. The fraction of sp³-hybridized carbons (Fsp3) is 0.294. The number of benzene rings is 2. The molecule has 0 heterocycles. The monoisotopic (exact) mass is 413 g/mol. The van der Waals surface area contributed by atoms with Gasteiger partial charge in [0.1, 0.15) is 6.10 Å². The molecule has 0 aliphatic carbocycles. The van der Waals surface area contributed by atoms with Crippen LogP contribution in [0.15, 0.2) is 64.0 Å². The minimum absolute atomic E-state index is 0.0932. The molecule has 3 N–H and O–H groups in total. The fourth-order valence-electron chi connectivity index (χ4n) is 2.10. The summed E-state index contributed by atoms with van der Waals surface area (Å²) >= 11 is 3.27. The number of ether oxygens (including phenoxy) is 1. The van der Waals surface area contributed by atoms with Gasteiger partial charge in [0.05, 0.1) is 34.8 Å². The predicted octanol–water partition coefficient (Wildman–Crippen LogP) is 2.79. The van der Waals surface area contributed by atoms with E-state index in [1.54, 1.807) is 24.3 Å². The van der Waals surface area contributed by atoms with E-state index in [-0.39, 0.29) is 12.4 Å². The van der Waals surface area contributed by atoms with Crippen LogP contribution in [0.25, 0.3) is 0 Å². The van der Waals surface area contributed by atoms with Gasteiger partial charge in [0.25, 0.3) is 0 Å². The molecule has 5 nitrogen and oxygen atoms in total. The van der Waals surface area contributed by atoms with E-state index >= 15 is 0 Å². The van der Waals surface area contributed by atoms with Crippen LogP contribution in [0.3, 0.4) is 0 Å². The van der Waals surface area contributed by atoms with Crippen LogP contribution < -0.4 is 0 Å². The van der Waals surface area contributed by atoms with E-state index in [0.717, 1.165) is 5.56 Å². The zero-order chi connectivity index (χ0) is 17.6. The van der Waals surface area contributed by atoms with Crippen molar-refractivity contribution in [1.29, 1.82) is 4.78 Å². The number of hydrogen-bond donors (Lipinski definition) is 3. The maximum Gasteiger partial charge on any atom is 0.104 e. The molecule has 0 bridgehead atoms. The van der Waals surface area contributed by atoms with Crippen LogP contribution in [0.5, 0.6) is 0 Å². The molecule has 2 rings (SSSR count). The Kier molecular flexibility index (Phi) is 6.94. The van der Waals surface area contributed by atoms with Crippen LogP contribution in [0.2, 0.25) is 0 Å². The van der Waals surface area contributed by atoms with Crippen LogP contribution in [-0.4, -0.2) is 39.0 Å². The molecule has 2 aromatic carbocycles. The topological polar surface area (TPSA) is 90.6 Å². The Morgan fingerprint density at radius 1 is 1.08 bits per heavy atom. The first kappa shape index (κ1) is 19.1. The van der Waals surface area contributed by atoms with E-state index in [1.165, 1.54) is 0 Å². The van der Waals surface area contributed by atoms with Gasteiger partial charge in [0, 0.05) is 9.37 Å². The average molecular weight is 414 g/mol. The predicted molar refractivity (Wildman–Crippen MR) is 96.2 cm³/mol. The van der Waals surface area contributed by atoms with E-state index in [2.05, 4.69) is 15.9 Å². The molecule has 0 unspecified atom stereocenters. The van der Waals surface area contributed by atoms with E-state index in [1.807, 2.05) is 30.3 Å². The van der Waals surface area contributed by atoms with Crippen molar-refractivity contribution < 1.29 is 19.2 Å². The van der Waals surface area contributed by atoms with Crippen molar-refractivity contribution >= 4 is 25.7 Å². The summed E-state index contributed by atoms with van der Waals surface area (Å²) in [6.45, 7) is 0.219. The highest BCUT2D eigenvalue weighted by Crippen LogP contribution is 2.19. The van der Waals surface area contributed by atoms with E-state index < -0.39 is 21.9 Å². The molecule has 0 spiro atoms. The first-order valence-corrected chi connectivity index (χ1v) is 9.90. The summed E-state index contributed by atoms with van der Waals surface area (Å²) in [6, 6.07) is 16.1. The second kappa shape index (κ2) is 8.73. The Bertz CT molecular complexity index is 752. The lowest BCUT2D eigenvalue weighted by Crippen LogP contribution is -2.36. The first-order valence-electron chi connectivity index (χ1n) is 7.38. The average Bonchev–Trinajstić information content (AvgIpc) is 2.55. The normalized spacial score (nSPS) is 16.3. The van der Waals surface area contributed by atoms with Gasteiger partial charge in [-0.3, -0.25) is 0 Å². The molecular weight excluding hydrogens is 394 g/mol. The van der Waals surface area contributed by atoms with Gasteiger partial charge in [-0.15, -0.1) is 0 Å². The van der Waals surface area contributed by atoms with Crippen molar-refractivity contribution in [2.45, 2.75) is 23.7 Å². The molecule has 0 aromatic heterocycles. The summed E-state index contributed by atoms with van der Waals surface area (Å²) in [5.74, 6) is -0.348. The van der Waals surface area contributed by atoms with Crippen molar-refractivity contribution in [3.63, 3.8) is 0 Å². The summed E-state index contributed by atoms with van der Waals surface area (Å²) in [6.07, 6.45) is -2.50. The molecule has 130 valence electrons. The summed E-state index contributed by atoms with van der Waals surface area (Å²) < 4.78 is 26.6. The van der Waals surface area contributed by atoms with Crippen molar-refractivity contribution in [3.05, 3.63) is 64.6 Å². The number of halogens is 1. The fourth-order valence-corrected chi connectivity index (χ4v) is 4.16. The van der Waals surface area contributed by atoms with Gasteiger partial charge in [-0.2, -0.15) is 0 Å². The summed E-state index contributed by atoms with van der Waals surface area (Å²) in [5, 5.41) is 20.0. The number of rotatable bonds is 8. The third-order valence-corrected chi connectivity index (χ3v) is 5.75. The van der Waals surface area contributed by atoms with Crippen molar-refractivity contribution in [1.82, 2.24) is 0 Å². The third kappa shape index (κ3) is 5.68. The van der Waals surface area contributed by atoms with Crippen molar-refractivity contribution in [3.8, 4) is 0 Å². The lowest BCUT2D eigenvalue weighted by Gasteiger charge is -2.19. The molecule has 0 aliphatic heterocycles. The molecule has 0 radical (unpaired) electrons. The molecule has 0 saturated heterocycles. The molecule has 0 fully saturated rings. The summed E-state index contributed by atoms with van der Waals surface area (Å²) in [4.78, 5) is 0.313. The number of hydrogen-bond acceptors (Lipinski definition) is 5. The third-order valence-electron chi connectivity index (χ3n) is 3.43. The zero-order valence-corrected chi connectivity index (χ0v) is 15.4. The zero-order valence-electron chi connectivity index (χ0n) is 13.0. The Morgan fingerprint density at radius 3 is 2.46 bits per heavy atom. The van der Waals surface area contributed by atoms with Gasteiger partial charge in [-0.1, -0.05) is 52.3 Å². The smallest absolute Gasteiger partial charge is 0.104 e. The Balaban J connectivity index is 1.87. The van der Waals surface area contributed by atoms with Gasteiger partial charge in [-0.05, 0) is 23.8 Å². The lowest BCUT2D eigenvalue weighted by atomic mass is 10.2. The van der Waals surface area contributed by atoms with Gasteiger partial charge >= 0.3 is 0 Å². The summed E-state index contributed by atoms with van der Waals surface area (Å²) in [5.41, 5.74) is 0.956. The minimum Gasteiger partial charge on any atom is -0.389 e. The highest BCUT2D eigenvalue weighted by atomic mass is 79.9. The Labute approximate surface area is 150 Å². The molecule has 7 heteroatoms. The van der Waals surface area contributed by atoms with Gasteiger partial charge < -0.3 is 14.9 Å². The van der Waals surface area contributed by atoms with Crippen LogP contribution in [0, 0.1) is 4.78 Å². The van der Waals surface area contributed by atoms with Crippen LogP contribution in [0.4, 0.5) is 0 Å². The Hall–Kier alpha value is -1.25. The van der Waals surface area contributed by atoms with Gasteiger partial charge in [-0.25, -0.2) is 8.99 Å². The number of aliphatic hydroxyl groups excluding tert-OH is 2.